The van der Waals surface area contributed by atoms with E-state index in [1.165, 1.54) is 24.5 Å². The fourth-order valence-corrected chi connectivity index (χ4v) is 2.97. The molecule has 2 rings (SSSR count). The molecular weight excluding hydrogens is 414 g/mol. The van der Waals surface area contributed by atoms with E-state index in [2.05, 4.69) is 31.9 Å². The Hall–Kier alpha value is -1.87. The number of hydrogen-bond acceptors (Lipinski definition) is 5. The molecule has 0 aliphatic carbocycles. The van der Waals surface area contributed by atoms with Crippen LogP contribution in [0.3, 0.4) is 0 Å². The van der Waals surface area contributed by atoms with E-state index < -0.39 is 10.9 Å². The van der Waals surface area contributed by atoms with Crippen molar-refractivity contribution in [1.29, 1.82) is 0 Å². The first kappa shape index (κ1) is 15.5. The lowest BCUT2D eigenvalue weighted by Crippen LogP contribution is -2.03. The van der Waals surface area contributed by atoms with Crippen LogP contribution in [0.5, 0.6) is 5.75 Å². The third kappa shape index (κ3) is 3.42. The van der Waals surface area contributed by atoms with Crippen LogP contribution in [0.2, 0.25) is 0 Å². The molecule has 1 aromatic carbocycles. The van der Waals surface area contributed by atoms with E-state index in [0.717, 1.165) is 0 Å². The van der Waals surface area contributed by atoms with Gasteiger partial charge in [0.15, 0.2) is 0 Å². The van der Waals surface area contributed by atoms with Crippen LogP contribution in [0.15, 0.2) is 37.8 Å². The number of furan rings is 1. The average Bonchev–Trinajstić information content (AvgIpc) is 2.86. The second-order valence-electron chi connectivity index (χ2n) is 3.86. The summed E-state index contributed by atoms with van der Waals surface area (Å²) in [4.78, 5) is 21.1. The van der Waals surface area contributed by atoms with E-state index in [-0.39, 0.29) is 18.1 Å². The standard InChI is InChI=1S/C12H7Br2NO6/c13-8-3-7(15(18)19)4-9(14)11(8)21-5-6-1-2-20-10(6)12(16)17/h1-4H,5H2,(H,16,17). The summed E-state index contributed by atoms with van der Waals surface area (Å²) in [6, 6.07) is 4.08. The lowest BCUT2D eigenvalue weighted by atomic mass is 10.2. The molecule has 0 saturated heterocycles. The smallest absolute Gasteiger partial charge is 0.372 e. The first-order chi connectivity index (χ1) is 9.90. The van der Waals surface area contributed by atoms with E-state index in [1.807, 2.05) is 0 Å². The Bertz CT molecular complexity index is 689. The van der Waals surface area contributed by atoms with Crippen LogP contribution in [0.1, 0.15) is 16.1 Å². The maximum absolute atomic E-state index is 10.9. The number of nitro groups is 1. The Morgan fingerprint density at radius 1 is 1.38 bits per heavy atom. The van der Waals surface area contributed by atoms with Gasteiger partial charge < -0.3 is 14.3 Å². The molecule has 1 N–H and O–H groups in total. The van der Waals surface area contributed by atoms with Gasteiger partial charge in [0.25, 0.3) is 5.69 Å². The highest BCUT2D eigenvalue weighted by atomic mass is 79.9. The summed E-state index contributed by atoms with van der Waals surface area (Å²) in [7, 11) is 0. The number of aromatic carboxylic acids is 1. The molecule has 0 amide bonds. The number of carboxylic acids is 1. The Balaban J connectivity index is 2.22. The molecule has 0 atom stereocenters. The van der Waals surface area contributed by atoms with Crippen molar-refractivity contribution in [3.63, 3.8) is 0 Å². The van der Waals surface area contributed by atoms with E-state index in [9.17, 15) is 14.9 Å². The number of non-ortho nitro benzene ring substituents is 1. The number of nitrogens with zero attached hydrogens (tertiary/aromatic N) is 1. The van der Waals surface area contributed by atoms with Crippen molar-refractivity contribution in [3.8, 4) is 5.75 Å². The van der Waals surface area contributed by atoms with Crippen molar-refractivity contribution >= 4 is 43.5 Å². The molecule has 0 saturated carbocycles. The number of rotatable bonds is 5. The maximum Gasteiger partial charge on any atom is 0.372 e. The van der Waals surface area contributed by atoms with E-state index in [1.54, 1.807) is 0 Å². The summed E-state index contributed by atoms with van der Waals surface area (Å²) in [6.07, 6.45) is 1.25. The number of nitro benzene ring substituents is 1. The topological polar surface area (TPSA) is 103 Å². The van der Waals surface area contributed by atoms with Gasteiger partial charge in [-0.3, -0.25) is 10.1 Å². The SMILES string of the molecule is O=C(O)c1occc1COc1c(Br)cc([N+](=O)[O-])cc1Br. The molecule has 1 aromatic heterocycles. The third-order valence-corrected chi connectivity index (χ3v) is 3.68. The molecule has 0 bridgehead atoms. The number of halogens is 2. The van der Waals surface area contributed by atoms with Crippen LogP contribution in [-0.2, 0) is 6.61 Å². The fraction of sp³-hybridized carbons (Fsp3) is 0.0833. The van der Waals surface area contributed by atoms with Gasteiger partial charge in [-0.05, 0) is 37.9 Å². The van der Waals surface area contributed by atoms with Crippen molar-refractivity contribution in [2.45, 2.75) is 6.61 Å². The van der Waals surface area contributed by atoms with E-state index in [4.69, 9.17) is 14.3 Å². The first-order valence-electron chi connectivity index (χ1n) is 5.46. The van der Waals surface area contributed by atoms with Crippen LogP contribution in [0.4, 0.5) is 5.69 Å². The summed E-state index contributed by atoms with van der Waals surface area (Å²) in [5, 5.41) is 19.6. The van der Waals surface area contributed by atoms with E-state index in [0.29, 0.717) is 20.3 Å². The summed E-state index contributed by atoms with van der Waals surface area (Å²) < 4.78 is 11.1. The van der Waals surface area contributed by atoms with Gasteiger partial charge in [-0.1, -0.05) is 0 Å². The zero-order valence-corrected chi connectivity index (χ0v) is 13.4. The Morgan fingerprint density at radius 2 is 2.00 bits per heavy atom. The molecule has 9 heteroatoms. The minimum atomic E-state index is -1.19. The second kappa shape index (κ2) is 6.27. The molecule has 7 nitrogen and oxygen atoms in total. The lowest BCUT2D eigenvalue weighted by Gasteiger charge is -2.09. The average molecular weight is 421 g/mol. The monoisotopic (exact) mass is 419 g/mol. The minimum Gasteiger partial charge on any atom is -0.486 e. The number of ether oxygens (including phenoxy) is 1. The second-order valence-corrected chi connectivity index (χ2v) is 5.57. The van der Waals surface area contributed by atoms with Crippen molar-refractivity contribution in [2.75, 3.05) is 0 Å². The van der Waals surface area contributed by atoms with Gasteiger partial charge in [-0.2, -0.15) is 0 Å². The molecule has 0 aliphatic heterocycles. The van der Waals surface area contributed by atoms with Crippen molar-refractivity contribution in [2.24, 2.45) is 0 Å². The zero-order valence-electron chi connectivity index (χ0n) is 10.2. The minimum absolute atomic E-state index is 0.0485. The largest absolute Gasteiger partial charge is 0.486 e. The molecule has 1 heterocycles. The maximum atomic E-state index is 10.9. The van der Waals surface area contributed by atoms with Crippen molar-refractivity contribution in [1.82, 2.24) is 0 Å². The normalized spacial score (nSPS) is 10.4. The van der Waals surface area contributed by atoms with Crippen LogP contribution in [-0.4, -0.2) is 16.0 Å². The predicted octanol–water partition coefficient (Wildman–Crippen LogP) is 3.99. The molecule has 110 valence electrons. The highest BCUT2D eigenvalue weighted by Crippen LogP contribution is 2.37. The molecular formula is C12H7Br2NO6. The molecule has 0 radical (unpaired) electrons. The summed E-state index contributed by atoms with van der Waals surface area (Å²) in [6.45, 7) is -0.0485. The fourth-order valence-electron chi connectivity index (χ4n) is 1.58. The Morgan fingerprint density at radius 3 is 2.52 bits per heavy atom. The van der Waals surface area contributed by atoms with Crippen molar-refractivity contribution in [3.05, 3.63) is 54.8 Å². The highest BCUT2D eigenvalue weighted by molar-refractivity contribution is 9.11. The highest BCUT2D eigenvalue weighted by Gasteiger charge is 2.18. The quantitative estimate of drug-likeness (QED) is 0.579. The van der Waals surface area contributed by atoms with Crippen LogP contribution in [0.25, 0.3) is 0 Å². The number of carbonyl (C=O) groups is 1. The molecule has 0 unspecified atom stereocenters. The van der Waals surface area contributed by atoms with Gasteiger partial charge in [0.2, 0.25) is 5.76 Å². The number of hydrogen-bond donors (Lipinski definition) is 1. The Labute approximate surface area is 134 Å². The molecule has 0 fully saturated rings. The first-order valence-corrected chi connectivity index (χ1v) is 7.04. The molecule has 2 aromatic rings. The van der Waals surface area contributed by atoms with Gasteiger partial charge >= 0.3 is 5.97 Å². The van der Waals surface area contributed by atoms with Gasteiger partial charge in [0, 0.05) is 17.7 Å². The van der Waals surface area contributed by atoms with Crippen LogP contribution < -0.4 is 4.74 Å². The van der Waals surface area contributed by atoms with Crippen LogP contribution in [0, 0.1) is 10.1 Å². The zero-order chi connectivity index (χ0) is 15.6. The van der Waals surface area contributed by atoms with Crippen LogP contribution >= 0.6 is 31.9 Å². The number of benzene rings is 1. The van der Waals surface area contributed by atoms with Crippen molar-refractivity contribution < 1.29 is 24.0 Å². The summed E-state index contributed by atoms with van der Waals surface area (Å²) in [5.41, 5.74) is 0.260. The van der Waals surface area contributed by atoms with Gasteiger partial charge in [-0.15, -0.1) is 0 Å². The number of carboxylic acid groups (broad SMARTS) is 1. The molecule has 0 aliphatic rings. The summed E-state index contributed by atoms with van der Waals surface area (Å²) >= 11 is 6.36. The molecule has 21 heavy (non-hydrogen) atoms. The third-order valence-electron chi connectivity index (χ3n) is 2.51. The molecule has 0 spiro atoms. The van der Waals surface area contributed by atoms with Gasteiger partial charge in [0.05, 0.1) is 20.1 Å². The van der Waals surface area contributed by atoms with Gasteiger partial charge in [0.1, 0.15) is 12.4 Å². The lowest BCUT2D eigenvalue weighted by molar-refractivity contribution is -0.385. The Kier molecular flexibility index (Phi) is 4.63. The van der Waals surface area contributed by atoms with E-state index >= 15 is 0 Å². The predicted molar refractivity (Wildman–Crippen MR) is 78.5 cm³/mol. The summed E-state index contributed by atoms with van der Waals surface area (Å²) in [5.74, 6) is -1.07. The van der Waals surface area contributed by atoms with Gasteiger partial charge in [-0.25, -0.2) is 4.79 Å².